The standard InChI is InChI=1S/C24H24ClN3O3S/c1-5-18-22(32-24(27-18)17-8-7-16(25)11-21(17)30-4)12-23(29)31-13-15-6-9-20-19(10-15)26-14(2)28(20)3/h6-11H,5,12-13H2,1-4H3. The monoisotopic (exact) mass is 469 g/mol. The van der Waals surface area contributed by atoms with Crippen LogP contribution in [-0.2, 0) is 36.0 Å². The molecule has 0 radical (unpaired) electrons. The van der Waals surface area contributed by atoms with E-state index in [-0.39, 0.29) is 19.0 Å². The Morgan fingerprint density at radius 3 is 2.75 bits per heavy atom. The summed E-state index contributed by atoms with van der Waals surface area (Å²) in [6.45, 7) is 4.20. The van der Waals surface area contributed by atoms with Gasteiger partial charge in [-0.1, -0.05) is 24.6 Å². The van der Waals surface area contributed by atoms with Gasteiger partial charge in [0.05, 0.1) is 35.8 Å². The summed E-state index contributed by atoms with van der Waals surface area (Å²) in [6, 6.07) is 11.4. The number of esters is 1. The molecule has 6 nitrogen and oxygen atoms in total. The lowest BCUT2D eigenvalue weighted by molar-refractivity contribution is -0.144. The number of aryl methyl sites for hydroxylation is 3. The lowest BCUT2D eigenvalue weighted by Crippen LogP contribution is -2.08. The molecule has 32 heavy (non-hydrogen) atoms. The normalized spacial score (nSPS) is 11.2. The summed E-state index contributed by atoms with van der Waals surface area (Å²) in [7, 11) is 3.59. The van der Waals surface area contributed by atoms with E-state index in [4.69, 9.17) is 26.1 Å². The Bertz CT molecular complexity index is 1300. The molecule has 2 heterocycles. The molecule has 0 spiro atoms. The van der Waals surface area contributed by atoms with Crippen LogP contribution in [0.2, 0.25) is 5.02 Å². The highest BCUT2D eigenvalue weighted by atomic mass is 35.5. The average molecular weight is 470 g/mol. The number of thiazole rings is 1. The molecule has 0 aliphatic carbocycles. The van der Waals surface area contributed by atoms with Gasteiger partial charge in [-0.3, -0.25) is 4.79 Å². The lowest BCUT2D eigenvalue weighted by Gasteiger charge is -2.06. The average Bonchev–Trinajstić information content (AvgIpc) is 3.31. The van der Waals surface area contributed by atoms with Gasteiger partial charge in [0.1, 0.15) is 23.2 Å². The van der Waals surface area contributed by atoms with E-state index in [0.717, 1.165) is 50.0 Å². The van der Waals surface area contributed by atoms with Crippen LogP contribution in [0.1, 0.15) is 28.9 Å². The molecule has 8 heteroatoms. The minimum atomic E-state index is -0.282. The Balaban J connectivity index is 1.47. The van der Waals surface area contributed by atoms with Crippen molar-refractivity contribution in [1.29, 1.82) is 0 Å². The second kappa shape index (κ2) is 9.30. The minimum absolute atomic E-state index is 0.182. The molecule has 0 amide bonds. The maximum Gasteiger partial charge on any atom is 0.311 e. The Labute approximate surface area is 195 Å². The summed E-state index contributed by atoms with van der Waals surface area (Å²) >= 11 is 7.56. The summed E-state index contributed by atoms with van der Waals surface area (Å²) in [5.74, 6) is 1.32. The largest absolute Gasteiger partial charge is 0.496 e. The Kier molecular flexibility index (Phi) is 6.48. The van der Waals surface area contributed by atoms with Crippen molar-refractivity contribution in [1.82, 2.24) is 14.5 Å². The summed E-state index contributed by atoms with van der Waals surface area (Å²) in [5, 5.41) is 1.40. The Morgan fingerprint density at radius 1 is 1.19 bits per heavy atom. The molecular weight excluding hydrogens is 446 g/mol. The van der Waals surface area contributed by atoms with Crippen LogP contribution in [0.4, 0.5) is 0 Å². The fourth-order valence-electron chi connectivity index (χ4n) is 3.56. The van der Waals surface area contributed by atoms with Gasteiger partial charge in [0.25, 0.3) is 0 Å². The molecule has 4 aromatic rings. The van der Waals surface area contributed by atoms with Gasteiger partial charge in [-0.2, -0.15) is 0 Å². The van der Waals surface area contributed by atoms with Gasteiger partial charge >= 0.3 is 5.97 Å². The van der Waals surface area contributed by atoms with Crippen molar-refractivity contribution in [2.45, 2.75) is 33.3 Å². The van der Waals surface area contributed by atoms with Crippen molar-refractivity contribution in [3.8, 4) is 16.3 Å². The van der Waals surface area contributed by atoms with E-state index in [1.54, 1.807) is 19.2 Å². The molecule has 0 aliphatic rings. The Morgan fingerprint density at radius 2 is 2.00 bits per heavy atom. The molecule has 0 bridgehead atoms. The van der Waals surface area contributed by atoms with E-state index in [1.165, 1.54) is 11.3 Å². The second-order valence-corrected chi connectivity index (χ2v) is 8.99. The number of hydrogen-bond donors (Lipinski definition) is 0. The van der Waals surface area contributed by atoms with E-state index in [2.05, 4.69) is 4.98 Å². The van der Waals surface area contributed by atoms with Gasteiger partial charge in [-0.15, -0.1) is 11.3 Å². The van der Waals surface area contributed by atoms with E-state index >= 15 is 0 Å². The zero-order chi connectivity index (χ0) is 22.8. The van der Waals surface area contributed by atoms with Crippen LogP contribution in [0.5, 0.6) is 5.75 Å². The number of aromatic nitrogens is 3. The van der Waals surface area contributed by atoms with E-state index in [9.17, 15) is 4.79 Å². The molecule has 0 saturated heterocycles. The molecule has 0 fully saturated rings. The second-order valence-electron chi connectivity index (χ2n) is 7.47. The zero-order valence-corrected chi connectivity index (χ0v) is 20.0. The SMILES string of the molecule is CCc1nc(-c2ccc(Cl)cc2OC)sc1CC(=O)OCc1ccc2c(c1)nc(C)n2C. The first kappa shape index (κ1) is 22.3. The first-order chi connectivity index (χ1) is 15.4. The highest BCUT2D eigenvalue weighted by Crippen LogP contribution is 2.36. The zero-order valence-electron chi connectivity index (χ0n) is 18.4. The van der Waals surface area contributed by atoms with Crippen LogP contribution >= 0.6 is 22.9 Å². The number of carbonyl (C=O) groups is 1. The summed E-state index contributed by atoms with van der Waals surface area (Å²) in [5.41, 5.74) is 4.62. The van der Waals surface area contributed by atoms with Gasteiger partial charge < -0.3 is 14.0 Å². The van der Waals surface area contributed by atoms with Crippen LogP contribution in [0, 0.1) is 6.92 Å². The molecule has 0 atom stereocenters. The molecule has 0 aliphatic heterocycles. The molecule has 166 valence electrons. The highest BCUT2D eigenvalue weighted by molar-refractivity contribution is 7.15. The molecule has 2 aromatic carbocycles. The van der Waals surface area contributed by atoms with Crippen molar-refractivity contribution in [2.24, 2.45) is 7.05 Å². The van der Waals surface area contributed by atoms with Crippen molar-refractivity contribution < 1.29 is 14.3 Å². The fourth-order valence-corrected chi connectivity index (χ4v) is 4.88. The maximum absolute atomic E-state index is 12.6. The number of rotatable bonds is 7. The third kappa shape index (κ3) is 4.49. The molecule has 0 unspecified atom stereocenters. The minimum Gasteiger partial charge on any atom is -0.496 e. The number of methoxy groups -OCH3 is 1. The van der Waals surface area contributed by atoms with Gasteiger partial charge in [-0.25, -0.2) is 9.97 Å². The smallest absolute Gasteiger partial charge is 0.311 e. The van der Waals surface area contributed by atoms with Crippen molar-refractivity contribution in [3.63, 3.8) is 0 Å². The van der Waals surface area contributed by atoms with Gasteiger partial charge in [0, 0.05) is 16.9 Å². The first-order valence-electron chi connectivity index (χ1n) is 10.3. The van der Waals surface area contributed by atoms with E-state index < -0.39 is 0 Å². The topological polar surface area (TPSA) is 66.2 Å². The summed E-state index contributed by atoms with van der Waals surface area (Å²) < 4.78 is 13.0. The molecule has 2 aromatic heterocycles. The number of fused-ring (bicyclic) bond motifs is 1. The quantitative estimate of drug-likeness (QED) is 0.333. The molecule has 0 saturated carbocycles. The highest BCUT2D eigenvalue weighted by Gasteiger charge is 2.18. The van der Waals surface area contributed by atoms with Gasteiger partial charge in [0.15, 0.2) is 0 Å². The lowest BCUT2D eigenvalue weighted by atomic mass is 10.2. The molecule has 0 N–H and O–H groups in total. The number of hydrogen-bond acceptors (Lipinski definition) is 6. The predicted octanol–water partition coefficient (Wildman–Crippen LogP) is 5.52. The molecular formula is C24H24ClN3O3S. The third-order valence-electron chi connectivity index (χ3n) is 5.38. The van der Waals surface area contributed by atoms with Crippen LogP contribution in [0.3, 0.4) is 0 Å². The van der Waals surface area contributed by atoms with Crippen LogP contribution in [0.25, 0.3) is 21.6 Å². The third-order valence-corrected chi connectivity index (χ3v) is 6.75. The van der Waals surface area contributed by atoms with Crippen molar-refractivity contribution in [2.75, 3.05) is 7.11 Å². The number of halogens is 1. The Hall–Kier alpha value is -2.90. The number of carbonyl (C=O) groups excluding carboxylic acids is 1. The van der Waals surface area contributed by atoms with Crippen LogP contribution in [-0.4, -0.2) is 27.6 Å². The summed E-state index contributed by atoms with van der Waals surface area (Å²) in [4.78, 5) is 22.8. The molecule has 4 rings (SSSR count). The predicted molar refractivity (Wildman–Crippen MR) is 127 cm³/mol. The maximum atomic E-state index is 12.6. The fraction of sp³-hybridized carbons (Fsp3) is 0.292. The van der Waals surface area contributed by atoms with E-state index in [1.807, 2.05) is 49.7 Å². The number of benzene rings is 2. The van der Waals surface area contributed by atoms with Crippen molar-refractivity contribution >= 4 is 39.9 Å². The van der Waals surface area contributed by atoms with Gasteiger partial charge in [0.2, 0.25) is 0 Å². The van der Waals surface area contributed by atoms with Crippen LogP contribution < -0.4 is 4.74 Å². The number of imidazole rings is 1. The first-order valence-corrected chi connectivity index (χ1v) is 11.5. The number of nitrogens with zero attached hydrogens (tertiary/aromatic N) is 3. The number of ether oxygens (including phenoxy) is 2. The van der Waals surface area contributed by atoms with Crippen LogP contribution in [0.15, 0.2) is 36.4 Å². The van der Waals surface area contributed by atoms with Gasteiger partial charge in [-0.05, 0) is 49.2 Å². The van der Waals surface area contributed by atoms with Crippen molar-refractivity contribution in [3.05, 3.63) is 63.4 Å². The summed E-state index contributed by atoms with van der Waals surface area (Å²) in [6.07, 6.45) is 0.909. The van der Waals surface area contributed by atoms with E-state index in [0.29, 0.717) is 10.8 Å².